The first-order valence-electron chi connectivity index (χ1n) is 7.72. The Kier molecular flexibility index (Phi) is 6.35. The molecule has 0 aliphatic carbocycles. The van der Waals surface area contributed by atoms with E-state index in [9.17, 15) is 18.0 Å². The molecule has 1 amide bonds. The number of carbonyl (C=O) groups excluding carboxylic acids is 1. The number of thioether (sulfide) groups is 1. The Bertz CT molecular complexity index is 530. The minimum absolute atomic E-state index is 0.0111. The van der Waals surface area contributed by atoms with E-state index in [0.717, 1.165) is 49.8 Å². The molecular weight excluding hydrogens is 325 g/mol. The van der Waals surface area contributed by atoms with Crippen molar-refractivity contribution in [1.82, 2.24) is 10.2 Å². The van der Waals surface area contributed by atoms with Gasteiger partial charge in [-0.15, -0.1) is 11.8 Å². The van der Waals surface area contributed by atoms with Gasteiger partial charge in [-0.2, -0.15) is 13.2 Å². The molecule has 1 aliphatic rings. The fraction of sp³-hybridized carbons (Fsp3) is 0.562. The highest BCUT2D eigenvalue weighted by Gasteiger charge is 2.30. The number of carbonyl (C=O) groups is 1. The van der Waals surface area contributed by atoms with Crippen molar-refractivity contribution in [3.63, 3.8) is 0 Å². The Morgan fingerprint density at radius 1 is 1.43 bits per heavy atom. The number of amides is 1. The van der Waals surface area contributed by atoms with Gasteiger partial charge in [0.25, 0.3) is 0 Å². The monoisotopic (exact) mass is 346 g/mol. The molecule has 1 saturated heterocycles. The zero-order chi connectivity index (χ0) is 16.9. The van der Waals surface area contributed by atoms with Gasteiger partial charge in [0.05, 0.1) is 11.3 Å². The van der Waals surface area contributed by atoms with E-state index in [1.165, 1.54) is 6.07 Å². The molecule has 0 radical (unpaired) electrons. The summed E-state index contributed by atoms with van der Waals surface area (Å²) in [6.45, 7) is 4.40. The number of hydrogen-bond acceptors (Lipinski definition) is 3. The summed E-state index contributed by atoms with van der Waals surface area (Å²) in [6, 6.07) is 5.32. The molecule has 0 aromatic heterocycles. The Hall–Kier alpha value is -1.21. The van der Waals surface area contributed by atoms with Crippen molar-refractivity contribution in [1.29, 1.82) is 0 Å². The highest BCUT2D eigenvalue weighted by atomic mass is 32.2. The van der Waals surface area contributed by atoms with Crippen LogP contribution >= 0.6 is 11.8 Å². The molecule has 23 heavy (non-hydrogen) atoms. The molecule has 1 N–H and O–H groups in total. The second kappa shape index (κ2) is 8.06. The highest BCUT2D eigenvalue weighted by molar-refractivity contribution is 8.00. The van der Waals surface area contributed by atoms with Gasteiger partial charge in [-0.3, -0.25) is 4.79 Å². The maximum atomic E-state index is 12.7. The average molecular weight is 346 g/mol. The molecule has 0 bridgehead atoms. The van der Waals surface area contributed by atoms with E-state index in [1.54, 1.807) is 6.07 Å². The molecule has 2 rings (SSSR count). The normalized spacial score (nSPS) is 18.2. The van der Waals surface area contributed by atoms with E-state index in [1.807, 2.05) is 11.8 Å². The van der Waals surface area contributed by atoms with Gasteiger partial charge in [-0.05, 0) is 37.6 Å². The van der Waals surface area contributed by atoms with Gasteiger partial charge in [0.1, 0.15) is 0 Å². The van der Waals surface area contributed by atoms with E-state index in [4.69, 9.17) is 0 Å². The topological polar surface area (TPSA) is 32.3 Å². The van der Waals surface area contributed by atoms with Crippen molar-refractivity contribution in [3.05, 3.63) is 29.8 Å². The van der Waals surface area contributed by atoms with Crippen LogP contribution in [0.1, 0.15) is 25.3 Å². The zero-order valence-corrected chi connectivity index (χ0v) is 13.8. The van der Waals surface area contributed by atoms with Gasteiger partial charge in [0.15, 0.2) is 0 Å². The lowest BCUT2D eigenvalue weighted by molar-refractivity contribution is -0.137. The van der Waals surface area contributed by atoms with E-state index in [0.29, 0.717) is 11.4 Å². The second-order valence-electron chi connectivity index (χ2n) is 5.55. The van der Waals surface area contributed by atoms with Gasteiger partial charge in [0.2, 0.25) is 5.91 Å². The molecule has 7 heteroatoms. The fourth-order valence-corrected chi connectivity index (χ4v) is 3.49. The van der Waals surface area contributed by atoms with Gasteiger partial charge in [-0.1, -0.05) is 13.0 Å². The second-order valence-corrected chi connectivity index (χ2v) is 6.60. The lowest BCUT2D eigenvalue weighted by Crippen LogP contribution is -2.43. The predicted octanol–water partition coefficient (Wildman–Crippen LogP) is 3.40. The maximum Gasteiger partial charge on any atom is 0.416 e. The van der Waals surface area contributed by atoms with E-state index in [-0.39, 0.29) is 17.7 Å². The van der Waals surface area contributed by atoms with E-state index >= 15 is 0 Å². The molecule has 1 fully saturated rings. The molecule has 1 heterocycles. The lowest BCUT2D eigenvalue weighted by atomic mass is 10.2. The molecule has 1 aromatic carbocycles. The molecule has 3 nitrogen and oxygen atoms in total. The number of rotatable bonds is 6. The number of nitrogens with one attached hydrogen (secondary N) is 1. The standard InChI is InChI=1S/C16H21F3N2OS/c1-2-8-21(13-6-7-20-10-13)15(22)11-23-14-5-3-4-12(9-14)16(17,18)19/h3-5,9,13,20H,2,6-8,10-11H2,1H3. The molecule has 128 valence electrons. The number of nitrogens with zero attached hydrogens (tertiary/aromatic N) is 1. The summed E-state index contributed by atoms with van der Waals surface area (Å²) < 4.78 is 38.1. The fourth-order valence-electron chi connectivity index (χ4n) is 2.65. The third-order valence-electron chi connectivity index (χ3n) is 3.78. The molecular formula is C16H21F3N2OS. The van der Waals surface area contributed by atoms with E-state index < -0.39 is 11.7 Å². The van der Waals surface area contributed by atoms with Gasteiger partial charge in [0, 0.05) is 24.0 Å². The minimum Gasteiger partial charge on any atom is -0.338 e. The number of alkyl halides is 3. The summed E-state index contributed by atoms with van der Waals surface area (Å²) in [5.41, 5.74) is -0.680. The first kappa shape index (κ1) is 18.1. The smallest absolute Gasteiger partial charge is 0.338 e. The van der Waals surface area contributed by atoms with Crippen molar-refractivity contribution in [2.75, 3.05) is 25.4 Å². The SMILES string of the molecule is CCCN(C(=O)CSc1cccc(C(F)(F)F)c1)C1CCNC1. The summed E-state index contributed by atoms with van der Waals surface area (Å²) in [4.78, 5) is 14.8. The Labute approximate surface area is 138 Å². The van der Waals surface area contributed by atoms with Gasteiger partial charge < -0.3 is 10.2 Å². The largest absolute Gasteiger partial charge is 0.416 e. The van der Waals surface area contributed by atoms with Gasteiger partial charge >= 0.3 is 6.18 Å². The Morgan fingerprint density at radius 2 is 2.22 bits per heavy atom. The van der Waals surface area contributed by atoms with Crippen LogP contribution < -0.4 is 5.32 Å². The van der Waals surface area contributed by atoms with Crippen LogP contribution in [0.2, 0.25) is 0 Å². The van der Waals surface area contributed by atoms with Crippen LogP contribution in [0.4, 0.5) is 13.2 Å². The van der Waals surface area contributed by atoms with Crippen molar-refractivity contribution in [2.24, 2.45) is 0 Å². The maximum absolute atomic E-state index is 12.7. The Morgan fingerprint density at radius 3 is 2.83 bits per heavy atom. The molecule has 1 atom stereocenters. The van der Waals surface area contributed by atoms with Gasteiger partial charge in [-0.25, -0.2) is 0 Å². The summed E-state index contributed by atoms with van der Waals surface area (Å²) in [5.74, 6) is 0.153. The van der Waals surface area contributed by atoms with Crippen LogP contribution in [-0.2, 0) is 11.0 Å². The number of halogens is 3. The molecule has 0 saturated carbocycles. The molecule has 0 spiro atoms. The van der Waals surface area contributed by atoms with Crippen molar-refractivity contribution in [3.8, 4) is 0 Å². The third-order valence-corrected chi connectivity index (χ3v) is 4.76. The van der Waals surface area contributed by atoms with Crippen LogP contribution in [0.15, 0.2) is 29.2 Å². The first-order chi connectivity index (χ1) is 10.9. The molecule has 1 aliphatic heterocycles. The van der Waals surface area contributed by atoms with Crippen LogP contribution in [0.3, 0.4) is 0 Å². The average Bonchev–Trinajstić information content (AvgIpc) is 3.04. The minimum atomic E-state index is -4.36. The van der Waals surface area contributed by atoms with Crippen LogP contribution in [0.5, 0.6) is 0 Å². The first-order valence-corrected chi connectivity index (χ1v) is 8.70. The summed E-state index contributed by atoms with van der Waals surface area (Å²) in [5, 5.41) is 3.24. The van der Waals surface area contributed by atoms with Crippen molar-refractivity contribution < 1.29 is 18.0 Å². The quantitative estimate of drug-likeness (QED) is 0.802. The van der Waals surface area contributed by atoms with Crippen molar-refractivity contribution >= 4 is 17.7 Å². The zero-order valence-electron chi connectivity index (χ0n) is 13.0. The van der Waals surface area contributed by atoms with Crippen LogP contribution in [0, 0.1) is 0 Å². The Balaban J connectivity index is 1.97. The van der Waals surface area contributed by atoms with Crippen LogP contribution in [-0.4, -0.2) is 42.2 Å². The highest BCUT2D eigenvalue weighted by Crippen LogP contribution is 2.32. The molecule has 1 unspecified atom stereocenters. The summed E-state index contributed by atoms with van der Waals surface area (Å²) in [7, 11) is 0. The van der Waals surface area contributed by atoms with E-state index in [2.05, 4.69) is 5.32 Å². The molecule has 1 aromatic rings. The number of hydrogen-bond donors (Lipinski definition) is 1. The summed E-state index contributed by atoms with van der Waals surface area (Å²) >= 11 is 1.16. The van der Waals surface area contributed by atoms with Crippen LogP contribution in [0.25, 0.3) is 0 Å². The van der Waals surface area contributed by atoms with Crippen molar-refractivity contribution in [2.45, 2.75) is 36.9 Å². The number of benzene rings is 1. The third kappa shape index (κ3) is 5.14. The lowest BCUT2D eigenvalue weighted by Gasteiger charge is -2.28. The predicted molar refractivity (Wildman–Crippen MR) is 85.4 cm³/mol. The summed E-state index contributed by atoms with van der Waals surface area (Å²) in [6.07, 6.45) is -2.55.